The molecule has 1 fully saturated rings. The second-order valence-electron chi connectivity index (χ2n) is 7.30. The van der Waals surface area contributed by atoms with Crippen LogP contribution in [0.5, 0.6) is 0 Å². The van der Waals surface area contributed by atoms with Gasteiger partial charge < -0.3 is 9.30 Å². The van der Waals surface area contributed by atoms with Crippen molar-refractivity contribution in [2.45, 2.75) is 32.7 Å². The van der Waals surface area contributed by atoms with E-state index in [9.17, 15) is 13.2 Å². The van der Waals surface area contributed by atoms with E-state index in [1.807, 2.05) is 35.9 Å². The maximum absolute atomic E-state index is 12.4. The van der Waals surface area contributed by atoms with Crippen LogP contribution in [0.3, 0.4) is 0 Å². The van der Waals surface area contributed by atoms with Gasteiger partial charge in [0.25, 0.3) is 0 Å². The second kappa shape index (κ2) is 9.24. The van der Waals surface area contributed by atoms with E-state index in [1.165, 1.54) is 0 Å². The van der Waals surface area contributed by atoms with Crippen molar-refractivity contribution in [1.29, 1.82) is 0 Å². The molecule has 0 atom stereocenters. The Hall–Kier alpha value is -1.64. The lowest BCUT2D eigenvalue weighted by molar-refractivity contribution is -0.130. The number of sulfone groups is 1. The summed E-state index contributed by atoms with van der Waals surface area (Å²) in [4.78, 5) is 20.8. The number of imidazole rings is 1. The summed E-state index contributed by atoms with van der Waals surface area (Å²) in [5.41, 5.74) is 1.79. The molecule has 2 aromatic heterocycles. The molecule has 9 heteroatoms. The quantitative estimate of drug-likeness (QED) is 0.605. The molecule has 1 aliphatic heterocycles. The van der Waals surface area contributed by atoms with Crippen LogP contribution in [0.1, 0.15) is 31.9 Å². The van der Waals surface area contributed by atoms with Crippen LogP contribution in [0.15, 0.2) is 24.5 Å². The van der Waals surface area contributed by atoms with E-state index in [1.54, 1.807) is 4.90 Å². The van der Waals surface area contributed by atoms with E-state index in [0.29, 0.717) is 44.2 Å². The molecule has 0 N–H and O–H groups in total. The van der Waals surface area contributed by atoms with Crippen molar-refractivity contribution in [3.63, 3.8) is 0 Å². The van der Waals surface area contributed by atoms with Crippen LogP contribution in [0, 0.1) is 0 Å². The highest BCUT2D eigenvalue weighted by atomic mass is 35.5. The van der Waals surface area contributed by atoms with Crippen molar-refractivity contribution in [3.8, 4) is 0 Å². The number of pyridine rings is 1. The van der Waals surface area contributed by atoms with Crippen molar-refractivity contribution in [2.75, 3.05) is 37.7 Å². The Kier molecular flexibility index (Phi) is 6.95. The lowest BCUT2D eigenvalue weighted by atomic mass is 10.3. The fraction of sp³-hybridized carbons (Fsp3) is 0.579. The number of halogens is 1. The molecule has 154 valence electrons. The number of aromatic nitrogens is 2. The first-order valence-electron chi connectivity index (χ1n) is 9.70. The van der Waals surface area contributed by atoms with Crippen molar-refractivity contribution >= 4 is 33.0 Å². The SMILES string of the molecule is CCCCCS(=O)(=O)CC(=O)N1CCN(Cc2cn3cc(Cl)ccc3n2)CC1. The van der Waals surface area contributed by atoms with Crippen molar-refractivity contribution in [1.82, 2.24) is 19.2 Å². The highest BCUT2D eigenvalue weighted by Crippen LogP contribution is 2.14. The zero-order chi connectivity index (χ0) is 20.1. The number of fused-ring (bicyclic) bond motifs is 1. The monoisotopic (exact) mass is 426 g/mol. The number of nitrogens with zero attached hydrogens (tertiary/aromatic N) is 4. The summed E-state index contributed by atoms with van der Waals surface area (Å²) in [6.45, 7) is 5.22. The molecule has 7 nitrogen and oxygen atoms in total. The molecule has 0 bridgehead atoms. The summed E-state index contributed by atoms with van der Waals surface area (Å²) in [5, 5.41) is 0.660. The van der Waals surface area contributed by atoms with Crippen LogP contribution < -0.4 is 0 Å². The third-order valence-electron chi connectivity index (χ3n) is 4.98. The van der Waals surface area contributed by atoms with Crippen LogP contribution in [0.4, 0.5) is 0 Å². The zero-order valence-electron chi connectivity index (χ0n) is 16.2. The van der Waals surface area contributed by atoms with E-state index in [-0.39, 0.29) is 17.4 Å². The predicted molar refractivity (Wildman–Crippen MR) is 110 cm³/mol. The van der Waals surface area contributed by atoms with Crippen LogP contribution in [-0.2, 0) is 21.2 Å². The molecule has 2 aromatic rings. The van der Waals surface area contributed by atoms with Crippen molar-refractivity contribution in [2.24, 2.45) is 0 Å². The average Bonchev–Trinajstić information content (AvgIpc) is 3.03. The normalized spacial score (nSPS) is 16.0. The first kappa shape index (κ1) is 21.1. The van der Waals surface area contributed by atoms with Gasteiger partial charge in [-0.25, -0.2) is 13.4 Å². The third-order valence-corrected chi connectivity index (χ3v) is 6.80. The highest BCUT2D eigenvalue weighted by molar-refractivity contribution is 7.92. The maximum Gasteiger partial charge on any atom is 0.237 e. The van der Waals surface area contributed by atoms with E-state index < -0.39 is 9.84 Å². The lowest BCUT2D eigenvalue weighted by Crippen LogP contribution is -2.49. The number of rotatable bonds is 8. The molecule has 3 rings (SSSR count). The zero-order valence-corrected chi connectivity index (χ0v) is 17.8. The minimum absolute atomic E-state index is 0.102. The highest BCUT2D eigenvalue weighted by Gasteiger charge is 2.25. The maximum atomic E-state index is 12.4. The summed E-state index contributed by atoms with van der Waals surface area (Å²) in [7, 11) is -3.31. The first-order valence-corrected chi connectivity index (χ1v) is 11.9. The Morgan fingerprint density at radius 3 is 2.61 bits per heavy atom. The van der Waals surface area contributed by atoms with Gasteiger partial charge in [-0.1, -0.05) is 31.4 Å². The molecule has 3 heterocycles. The van der Waals surface area contributed by atoms with Gasteiger partial charge in [0.05, 0.1) is 16.5 Å². The van der Waals surface area contributed by atoms with Crippen LogP contribution >= 0.6 is 11.6 Å². The summed E-state index contributed by atoms with van der Waals surface area (Å²) >= 11 is 6.01. The number of amides is 1. The van der Waals surface area contributed by atoms with Crippen LogP contribution in [0.25, 0.3) is 5.65 Å². The van der Waals surface area contributed by atoms with Gasteiger partial charge >= 0.3 is 0 Å². The second-order valence-corrected chi connectivity index (χ2v) is 9.92. The van der Waals surface area contributed by atoms with Crippen LogP contribution in [-0.4, -0.2) is 71.2 Å². The van der Waals surface area contributed by atoms with Gasteiger partial charge in [-0.15, -0.1) is 0 Å². The van der Waals surface area contributed by atoms with Gasteiger partial charge in [0.1, 0.15) is 11.4 Å². The summed E-state index contributed by atoms with van der Waals surface area (Å²) in [6, 6.07) is 3.69. The van der Waals surface area contributed by atoms with E-state index >= 15 is 0 Å². The molecule has 0 spiro atoms. The van der Waals surface area contributed by atoms with Gasteiger partial charge in [-0.3, -0.25) is 9.69 Å². The number of hydrogen-bond acceptors (Lipinski definition) is 5. The molecule has 0 aromatic carbocycles. The minimum Gasteiger partial charge on any atom is -0.339 e. The molecule has 1 amide bonds. The Morgan fingerprint density at radius 1 is 1.14 bits per heavy atom. The average molecular weight is 427 g/mol. The summed E-state index contributed by atoms with van der Waals surface area (Å²) < 4.78 is 26.1. The Balaban J connectivity index is 1.48. The van der Waals surface area contributed by atoms with Gasteiger partial charge in [-0.2, -0.15) is 0 Å². The molecule has 0 aliphatic carbocycles. The standard InChI is InChI=1S/C19H27ClN4O3S/c1-2-3-4-11-28(26,27)15-19(25)23-9-7-22(8-10-23)13-17-14-24-12-16(20)5-6-18(24)21-17/h5-6,12,14H,2-4,7-11,13,15H2,1H3. The van der Waals surface area contributed by atoms with Crippen molar-refractivity contribution in [3.05, 3.63) is 35.2 Å². The number of unbranched alkanes of at least 4 members (excludes halogenated alkanes) is 2. The Bertz CT molecular complexity index is 920. The molecule has 0 saturated carbocycles. The largest absolute Gasteiger partial charge is 0.339 e. The van der Waals surface area contributed by atoms with Gasteiger partial charge in [0, 0.05) is 45.1 Å². The fourth-order valence-corrected chi connectivity index (χ4v) is 4.92. The molecular weight excluding hydrogens is 400 g/mol. The Morgan fingerprint density at radius 2 is 1.89 bits per heavy atom. The molecule has 0 unspecified atom stereocenters. The lowest BCUT2D eigenvalue weighted by Gasteiger charge is -2.34. The number of piperazine rings is 1. The molecule has 1 saturated heterocycles. The smallest absolute Gasteiger partial charge is 0.237 e. The number of hydrogen-bond donors (Lipinski definition) is 0. The molecule has 28 heavy (non-hydrogen) atoms. The Labute approximate surface area is 171 Å². The summed E-state index contributed by atoms with van der Waals surface area (Å²) in [5.74, 6) is -0.549. The van der Waals surface area contributed by atoms with Gasteiger partial charge in [-0.05, 0) is 18.6 Å². The van der Waals surface area contributed by atoms with Gasteiger partial charge in [0.2, 0.25) is 5.91 Å². The number of carbonyl (C=O) groups is 1. The minimum atomic E-state index is -3.31. The molecular formula is C19H27ClN4O3S. The van der Waals surface area contributed by atoms with Crippen molar-refractivity contribution < 1.29 is 13.2 Å². The summed E-state index contributed by atoms with van der Waals surface area (Å²) in [6.07, 6.45) is 6.25. The van der Waals surface area contributed by atoms with E-state index in [4.69, 9.17) is 11.6 Å². The van der Waals surface area contributed by atoms with Crippen LogP contribution in [0.2, 0.25) is 5.02 Å². The molecule has 0 radical (unpaired) electrons. The topological polar surface area (TPSA) is 75.0 Å². The van der Waals surface area contributed by atoms with E-state index in [0.717, 1.165) is 24.2 Å². The first-order chi connectivity index (χ1) is 13.4. The third kappa shape index (κ3) is 5.68. The fourth-order valence-electron chi connectivity index (χ4n) is 3.40. The molecule has 1 aliphatic rings. The van der Waals surface area contributed by atoms with E-state index in [2.05, 4.69) is 9.88 Å². The van der Waals surface area contributed by atoms with Gasteiger partial charge in [0.15, 0.2) is 9.84 Å². The number of carbonyl (C=O) groups excluding carboxylic acids is 1. The predicted octanol–water partition coefficient (Wildman–Crippen LogP) is 2.24.